The summed E-state index contributed by atoms with van der Waals surface area (Å²) >= 11 is 0. The minimum atomic E-state index is -0.398. The second-order valence-corrected chi connectivity index (χ2v) is 5.61. The Hall–Kier alpha value is -0.730. The lowest BCUT2D eigenvalue weighted by atomic mass is 9.87. The highest BCUT2D eigenvalue weighted by atomic mass is 16.6. The Balaban J connectivity index is 2.31. The van der Waals surface area contributed by atoms with Gasteiger partial charge in [-0.2, -0.15) is 0 Å². The molecular formula is C12H23NO2. The van der Waals surface area contributed by atoms with Crippen molar-refractivity contribution in [2.24, 2.45) is 5.92 Å². The maximum atomic E-state index is 11.5. The number of carbonyl (C=O) groups is 1. The second kappa shape index (κ2) is 4.86. The third-order valence-electron chi connectivity index (χ3n) is 2.66. The van der Waals surface area contributed by atoms with Gasteiger partial charge < -0.3 is 10.1 Å². The third kappa shape index (κ3) is 5.05. The number of carbonyl (C=O) groups excluding carboxylic acids is 1. The van der Waals surface area contributed by atoms with E-state index in [1.807, 2.05) is 20.8 Å². The van der Waals surface area contributed by atoms with E-state index in [2.05, 4.69) is 12.2 Å². The van der Waals surface area contributed by atoms with Crippen molar-refractivity contribution in [3.05, 3.63) is 0 Å². The molecule has 0 heterocycles. The van der Waals surface area contributed by atoms with Gasteiger partial charge >= 0.3 is 6.09 Å². The van der Waals surface area contributed by atoms with E-state index < -0.39 is 5.60 Å². The standard InChI is InChI=1S/C12H23NO2/c1-9-6-5-7-10(8-9)13-11(14)15-12(2,3)4/h9-10H,5-8H2,1-4H3,(H,13,14)/t9-,10?/m0/s1. The number of ether oxygens (including phenoxy) is 1. The number of amides is 1. The van der Waals surface area contributed by atoms with Crippen LogP contribution in [0, 0.1) is 5.92 Å². The third-order valence-corrected chi connectivity index (χ3v) is 2.66. The van der Waals surface area contributed by atoms with Crippen molar-refractivity contribution in [2.75, 3.05) is 0 Å². The van der Waals surface area contributed by atoms with Gasteiger partial charge in [-0.3, -0.25) is 0 Å². The summed E-state index contributed by atoms with van der Waals surface area (Å²) in [6.07, 6.45) is 4.39. The molecule has 3 nitrogen and oxygen atoms in total. The molecular weight excluding hydrogens is 190 g/mol. The van der Waals surface area contributed by atoms with Crippen molar-refractivity contribution >= 4 is 6.09 Å². The number of hydrogen-bond acceptors (Lipinski definition) is 2. The van der Waals surface area contributed by atoms with Crippen LogP contribution in [-0.2, 0) is 4.74 Å². The SMILES string of the molecule is C[C@H]1CCCC(NC(=O)OC(C)(C)C)C1. The fourth-order valence-corrected chi connectivity index (χ4v) is 2.04. The summed E-state index contributed by atoms with van der Waals surface area (Å²) in [6, 6.07) is 0.309. The van der Waals surface area contributed by atoms with Gasteiger partial charge in [-0.1, -0.05) is 19.8 Å². The fraction of sp³-hybridized carbons (Fsp3) is 0.917. The highest BCUT2D eigenvalue weighted by molar-refractivity contribution is 5.68. The largest absolute Gasteiger partial charge is 0.444 e. The molecule has 0 aromatic rings. The lowest BCUT2D eigenvalue weighted by molar-refractivity contribution is 0.0486. The van der Waals surface area contributed by atoms with Gasteiger partial charge in [0.1, 0.15) is 5.60 Å². The van der Waals surface area contributed by atoms with Crippen molar-refractivity contribution in [3.8, 4) is 0 Å². The van der Waals surface area contributed by atoms with E-state index in [9.17, 15) is 4.79 Å². The zero-order valence-electron chi connectivity index (χ0n) is 10.3. The van der Waals surface area contributed by atoms with E-state index in [0.717, 1.165) is 18.8 Å². The van der Waals surface area contributed by atoms with E-state index in [4.69, 9.17) is 4.74 Å². The summed E-state index contributed by atoms with van der Waals surface area (Å²) in [7, 11) is 0. The number of nitrogens with one attached hydrogen (secondary N) is 1. The van der Waals surface area contributed by atoms with Crippen LogP contribution in [0.15, 0.2) is 0 Å². The molecule has 2 atom stereocenters. The highest BCUT2D eigenvalue weighted by Gasteiger charge is 2.23. The molecule has 0 aromatic heterocycles. The number of rotatable bonds is 1. The quantitative estimate of drug-likeness (QED) is 0.727. The first-order valence-electron chi connectivity index (χ1n) is 5.86. The van der Waals surface area contributed by atoms with Gasteiger partial charge in [0, 0.05) is 6.04 Å². The first-order valence-corrected chi connectivity index (χ1v) is 5.86. The van der Waals surface area contributed by atoms with Gasteiger partial charge in [-0.05, 0) is 39.5 Å². The summed E-state index contributed by atoms with van der Waals surface area (Å²) < 4.78 is 5.23. The smallest absolute Gasteiger partial charge is 0.407 e. The van der Waals surface area contributed by atoms with Crippen LogP contribution in [0.25, 0.3) is 0 Å². The van der Waals surface area contributed by atoms with Gasteiger partial charge in [0.25, 0.3) is 0 Å². The summed E-state index contributed by atoms with van der Waals surface area (Å²) in [4.78, 5) is 11.5. The predicted octanol–water partition coefficient (Wildman–Crippen LogP) is 3.09. The topological polar surface area (TPSA) is 38.3 Å². The molecule has 0 bridgehead atoms. The Labute approximate surface area is 92.6 Å². The maximum Gasteiger partial charge on any atom is 0.407 e. The van der Waals surface area contributed by atoms with Crippen LogP contribution in [0.3, 0.4) is 0 Å². The molecule has 0 radical (unpaired) electrons. The van der Waals surface area contributed by atoms with Gasteiger partial charge in [0.2, 0.25) is 0 Å². The van der Waals surface area contributed by atoms with Crippen LogP contribution in [0.1, 0.15) is 53.4 Å². The van der Waals surface area contributed by atoms with E-state index in [-0.39, 0.29) is 6.09 Å². The molecule has 1 N–H and O–H groups in total. The highest BCUT2D eigenvalue weighted by Crippen LogP contribution is 2.23. The van der Waals surface area contributed by atoms with Crippen LogP contribution < -0.4 is 5.32 Å². The molecule has 0 aliphatic heterocycles. The molecule has 1 unspecified atom stereocenters. The Morgan fingerprint density at radius 3 is 2.53 bits per heavy atom. The molecule has 88 valence electrons. The van der Waals surface area contributed by atoms with Crippen LogP contribution >= 0.6 is 0 Å². The lowest BCUT2D eigenvalue weighted by Gasteiger charge is -2.28. The van der Waals surface area contributed by atoms with Crippen LogP contribution in [0.4, 0.5) is 4.79 Å². The Bertz CT molecular complexity index is 220. The molecule has 1 fully saturated rings. The van der Waals surface area contributed by atoms with Crippen molar-refractivity contribution in [1.29, 1.82) is 0 Å². The predicted molar refractivity (Wildman–Crippen MR) is 60.8 cm³/mol. The van der Waals surface area contributed by atoms with E-state index in [1.165, 1.54) is 12.8 Å². The van der Waals surface area contributed by atoms with Crippen LogP contribution in [-0.4, -0.2) is 17.7 Å². The maximum absolute atomic E-state index is 11.5. The van der Waals surface area contributed by atoms with Crippen molar-refractivity contribution in [1.82, 2.24) is 5.32 Å². The van der Waals surface area contributed by atoms with Crippen LogP contribution in [0.2, 0.25) is 0 Å². The summed E-state index contributed by atoms with van der Waals surface area (Å²) in [5, 5.41) is 2.94. The Morgan fingerprint density at radius 2 is 2.00 bits per heavy atom. The molecule has 0 saturated heterocycles. The Kier molecular flexibility index (Phi) is 4.00. The molecule has 1 amide bonds. The number of alkyl carbamates (subject to hydrolysis) is 1. The monoisotopic (exact) mass is 213 g/mol. The van der Waals surface area contributed by atoms with Crippen molar-refractivity contribution < 1.29 is 9.53 Å². The first-order chi connectivity index (χ1) is 6.87. The van der Waals surface area contributed by atoms with E-state index in [0.29, 0.717) is 6.04 Å². The van der Waals surface area contributed by atoms with Gasteiger partial charge in [0.05, 0.1) is 0 Å². The molecule has 1 saturated carbocycles. The van der Waals surface area contributed by atoms with Gasteiger partial charge in [-0.15, -0.1) is 0 Å². The zero-order chi connectivity index (χ0) is 11.5. The first kappa shape index (κ1) is 12.3. The van der Waals surface area contributed by atoms with Crippen molar-refractivity contribution in [2.45, 2.75) is 65.0 Å². The average molecular weight is 213 g/mol. The summed E-state index contributed by atoms with van der Waals surface area (Å²) in [5.41, 5.74) is -0.398. The van der Waals surface area contributed by atoms with E-state index in [1.54, 1.807) is 0 Å². The minimum absolute atomic E-state index is 0.276. The zero-order valence-corrected chi connectivity index (χ0v) is 10.3. The molecule has 1 aliphatic carbocycles. The molecule has 0 spiro atoms. The van der Waals surface area contributed by atoms with Crippen molar-refractivity contribution in [3.63, 3.8) is 0 Å². The minimum Gasteiger partial charge on any atom is -0.444 e. The van der Waals surface area contributed by atoms with Gasteiger partial charge in [0.15, 0.2) is 0 Å². The number of hydrogen-bond donors (Lipinski definition) is 1. The summed E-state index contributed by atoms with van der Waals surface area (Å²) in [6.45, 7) is 7.89. The average Bonchev–Trinajstić information content (AvgIpc) is 1.99. The van der Waals surface area contributed by atoms with E-state index >= 15 is 0 Å². The second-order valence-electron chi connectivity index (χ2n) is 5.61. The molecule has 1 rings (SSSR count). The molecule has 3 heteroatoms. The normalized spacial score (nSPS) is 27.2. The fourth-order valence-electron chi connectivity index (χ4n) is 2.04. The Morgan fingerprint density at radius 1 is 1.33 bits per heavy atom. The summed E-state index contributed by atoms with van der Waals surface area (Å²) in [5.74, 6) is 0.721. The lowest BCUT2D eigenvalue weighted by Crippen LogP contribution is -2.41. The molecule has 15 heavy (non-hydrogen) atoms. The molecule has 1 aliphatic rings. The van der Waals surface area contributed by atoms with Crippen LogP contribution in [0.5, 0.6) is 0 Å². The molecule has 0 aromatic carbocycles. The van der Waals surface area contributed by atoms with Gasteiger partial charge in [-0.25, -0.2) is 4.79 Å².